The van der Waals surface area contributed by atoms with Gasteiger partial charge in [0.25, 0.3) is 5.56 Å². The van der Waals surface area contributed by atoms with E-state index in [4.69, 9.17) is 9.15 Å². The third-order valence-electron chi connectivity index (χ3n) is 7.10. The molecular formula is C34H26N2O6. The van der Waals surface area contributed by atoms with Crippen LogP contribution in [-0.2, 0) is 17.8 Å². The molecule has 0 unspecified atom stereocenters. The number of hydrogen-bond donors (Lipinski definition) is 1. The summed E-state index contributed by atoms with van der Waals surface area (Å²) in [7, 11) is 0. The van der Waals surface area contributed by atoms with Gasteiger partial charge in [-0.2, -0.15) is 0 Å². The molecule has 0 fully saturated rings. The molecule has 1 N–H and O–H groups in total. The molecule has 2 aromatic heterocycles. The Morgan fingerprint density at radius 1 is 0.786 bits per heavy atom. The van der Waals surface area contributed by atoms with Crippen molar-refractivity contribution in [2.45, 2.75) is 19.0 Å². The van der Waals surface area contributed by atoms with Gasteiger partial charge in [0.05, 0.1) is 23.7 Å². The highest BCUT2D eigenvalue weighted by Gasteiger charge is 2.27. The molecule has 0 amide bonds. The number of aromatic nitrogens is 2. The van der Waals surface area contributed by atoms with Crippen molar-refractivity contribution in [1.29, 1.82) is 0 Å². The molecule has 6 rings (SSSR count). The topological polar surface area (TPSA) is 104 Å². The summed E-state index contributed by atoms with van der Waals surface area (Å²) >= 11 is 0. The molecule has 0 bridgehead atoms. The van der Waals surface area contributed by atoms with Crippen LogP contribution in [0, 0.1) is 0 Å². The highest BCUT2D eigenvalue weighted by atomic mass is 16.5. The number of carboxylic acids is 1. The maximum absolute atomic E-state index is 13.9. The summed E-state index contributed by atoms with van der Waals surface area (Å²) in [4.78, 5) is 40.1. The molecule has 4 aromatic carbocycles. The van der Waals surface area contributed by atoms with Crippen LogP contribution in [0.25, 0.3) is 22.0 Å². The number of nitrogens with zero attached hydrogens (tertiary/aromatic N) is 2. The third kappa shape index (κ3) is 5.38. The Bertz CT molecular complexity index is 1960. The zero-order valence-electron chi connectivity index (χ0n) is 22.4. The number of rotatable bonds is 9. The van der Waals surface area contributed by atoms with Crippen LogP contribution < -0.4 is 16.0 Å². The maximum Gasteiger partial charge on any atom is 0.332 e. The van der Waals surface area contributed by atoms with Gasteiger partial charge >= 0.3 is 11.7 Å². The van der Waals surface area contributed by atoms with E-state index in [0.29, 0.717) is 28.3 Å². The molecule has 0 aliphatic carbocycles. The van der Waals surface area contributed by atoms with E-state index in [9.17, 15) is 19.5 Å². The van der Waals surface area contributed by atoms with Crippen molar-refractivity contribution in [3.05, 3.63) is 154 Å². The van der Waals surface area contributed by atoms with E-state index in [-0.39, 0.29) is 18.4 Å². The van der Waals surface area contributed by atoms with Gasteiger partial charge in [0.1, 0.15) is 23.3 Å². The summed E-state index contributed by atoms with van der Waals surface area (Å²) in [5.74, 6) is 0.132. The van der Waals surface area contributed by atoms with E-state index in [1.165, 1.54) is 10.8 Å². The standard InChI is InChI=1S/C34H26N2O6/c37-32-29-21-27(42-26-15-13-25(14-16-26)24-10-5-2-6-11-24)17-18-30(29)35(22-28-12-7-19-41-28)34(40)36(32)31(33(38)39)20-23-8-3-1-4-9-23/h1-19,21,31H,20,22H2,(H,38,39)/t31-/m0/s1. The lowest BCUT2D eigenvalue weighted by molar-refractivity contribution is -0.141. The van der Waals surface area contributed by atoms with E-state index in [1.807, 2.05) is 60.7 Å². The number of carbonyl (C=O) groups is 1. The average molecular weight is 559 g/mol. The zero-order valence-corrected chi connectivity index (χ0v) is 22.4. The van der Waals surface area contributed by atoms with Crippen LogP contribution in [0.4, 0.5) is 0 Å². The van der Waals surface area contributed by atoms with Crippen molar-refractivity contribution in [2.24, 2.45) is 0 Å². The second kappa shape index (κ2) is 11.5. The number of furan rings is 1. The van der Waals surface area contributed by atoms with E-state index < -0.39 is 23.3 Å². The molecule has 208 valence electrons. The average Bonchev–Trinajstić information content (AvgIpc) is 3.54. The third-order valence-corrected chi connectivity index (χ3v) is 7.10. The summed E-state index contributed by atoms with van der Waals surface area (Å²) in [5.41, 5.74) is 1.69. The number of ether oxygens (including phenoxy) is 1. The van der Waals surface area contributed by atoms with Crippen LogP contribution in [0.5, 0.6) is 11.5 Å². The molecule has 0 spiro atoms. The highest BCUT2D eigenvalue weighted by molar-refractivity contribution is 5.81. The van der Waals surface area contributed by atoms with Crippen molar-refractivity contribution in [3.63, 3.8) is 0 Å². The number of hydrogen-bond acceptors (Lipinski definition) is 5. The molecule has 0 radical (unpaired) electrons. The summed E-state index contributed by atoms with van der Waals surface area (Å²) < 4.78 is 13.7. The first-order valence-electron chi connectivity index (χ1n) is 13.4. The fourth-order valence-electron chi connectivity index (χ4n) is 5.03. The smallest absolute Gasteiger partial charge is 0.332 e. The van der Waals surface area contributed by atoms with E-state index in [0.717, 1.165) is 15.7 Å². The number of carboxylic acid groups (broad SMARTS) is 1. The lowest BCUT2D eigenvalue weighted by atomic mass is 10.1. The molecule has 6 aromatic rings. The van der Waals surface area contributed by atoms with E-state index >= 15 is 0 Å². The molecule has 42 heavy (non-hydrogen) atoms. The van der Waals surface area contributed by atoms with Crippen LogP contribution in [0.1, 0.15) is 17.4 Å². The van der Waals surface area contributed by atoms with Crippen LogP contribution in [-0.4, -0.2) is 20.2 Å². The van der Waals surface area contributed by atoms with Crippen LogP contribution in [0.15, 0.2) is 136 Å². The van der Waals surface area contributed by atoms with Gasteiger partial charge in [-0.3, -0.25) is 9.36 Å². The van der Waals surface area contributed by atoms with Gasteiger partial charge in [-0.25, -0.2) is 14.2 Å². The number of benzene rings is 4. The predicted molar refractivity (Wildman–Crippen MR) is 159 cm³/mol. The summed E-state index contributed by atoms with van der Waals surface area (Å²) in [6.45, 7) is 0.0153. The fourth-order valence-corrected chi connectivity index (χ4v) is 5.03. The first-order chi connectivity index (χ1) is 20.5. The highest BCUT2D eigenvalue weighted by Crippen LogP contribution is 2.28. The second-order valence-electron chi connectivity index (χ2n) is 9.84. The first-order valence-corrected chi connectivity index (χ1v) is 13.4. The quantitative estimate of drug-likeness (QED) is 0.229. The zero-order chi connectivity index (χ0) is 29.1. The van der Waals surface area contributed by atoms with Gasteiger partial charge in [-0.1, -0.05) is 72.8 Å². The molecule has 8 nitrogen and oxygen atoms in total. The van der Waals surface area contributed by atoms with E-state index in [1.54, 1.807) is 54.6 Å². The van der Waals surface area contributed by atoms with Crippen molar-refractivity contribution >= 4 is 16.9 Å². The summed E-state index contributed by atoms with van der Waals surface area (Å²) in [6, 6.07) is 33.3. The largest absolute Gasteiger partial charge is 0.480 e. The van der Waals surface area contributed by atoms with Gasteiger partial charge in [0.15, 0.2) is 0 Å². The second-order valence-corrected chi connectivity index (χ2v) is 9.84. The molecule has 0 aliphatic heterocycles. The molecule has 8 heteroatoms. The Morgan fingerprint density at radius 2 is 1.45 bits per heavy atom. The van der Waals surface area contributed by atoms with Crippen molar-refractivity contribution in [2.75, 3.05) is 0 Å². The first kappa shape index (κ1) is 26.6. The minimum Gasteiger partial charge on any atom is -0.480 e. The van der Waals surface area contributed by atoms with Gasteiger partial charge in [0, 0.05) is 6.42 Å². The molecular weight excluding hydrogens is 532 g/mol. The molecule has 0 aliphatic rings. The number of aliphatic carboxylic acids is 1. The normalized spacial score (nSPS) is 11.8. The minimum absolute atomic E-state index is 0.0153. The van der Waals surface area contributed by atoms with Gasteiger partial charge < -0.3 is 14.3 Å². The Morgan fingerprint density at radius 3 is 2.12 bits per heavy atom. The predicted octanol–water partition coefficient (Wildman–Crippen LogP) is 6.13. The Hall–Kier alpha value is -5.63. The lowest BCUT2D eigenvalue weighted by Gasteiger charge is -2.19. The summed E-state index contributed by atoms with van der Waals surface area (Å²) in [5, 5.41) is 10.3. The van der Waals surface area contributed by atoms with Crippen molar-refractivity contribution < 1.29 is 19.1 Å². The Balaban J connectivity index is 1.43. The van der Waals surface area contributed by atoms with Crippen LogP contribution in [0.3, 0.4) is 0 Å². The Labute approximate surface area is 240 Å². The maximum atomic E-state index is 13.9. The molecule has 0 saturated heterocycles. The van der Waals surface area contributed by atoms with E-state index in [2.05, 4.69) is 0 Å². The Kier molecular flexibility index (Phi) is 7.26. The van der Waals surface area contributed by atoms with Gasteiger partial charge in [0.2, 0.25) is 0 Å². The monoisotopic (exact) mass is 558 g/mol. The SMILES string of the molecule is O=C(O)[C@H](Cc1ccccc1)n1c(=O)c2cc(Oc3ccc(-c4ccccc4)cc3)ccc2n(Cc2ccco2)c1=O. The lowest BCUT2D eigenvalue weighted by Crippen LogP contribution is -2.45. The fraction of sp³-hybridized carbons (Fsp3) is 0.0882. The summed E-state index contributed by atoms with van der Waals surface area (Å²) in [6.07, 6.45) is 1.45. The number of fused-ring (bicyclic) bond motifs is 1. The molecule has 2 heterocycles. The molecule has 0 saturated carbocycles. The minimum atomic E-state index is -1.42. The van der Waals surface area contributed by atoms with Crippen LogP contribution >= 0.6 is 0 Å². The van der Waals surface area contributed by atoms with Gasteiger partial charge in [-0.05, 0) is 59.2 Å². The van der Waals surface area contributed by atoms with Crippen LogP contribution in [0.2, 0.25) is 0 Å². The van der Waals surface area contributed by atoms with Crippen molar-refractivity contribution in [3.8, 4) is 22.6 Å². The van der Waals surface area contributed by atoms with Crippen molar-refractivity contribution in [1.82, 2.24) is 9.13 Å². The van der Waals surface area contributed by atoms with Gasteiger partial charge in [-0.15, -0.1) is 0 Å². The molecule has 1 atom stereocenters.